The molecule has 0 aromatic heterocycles. The lowest BCUT2D eigenvalue weighted by molar-refractivity contribution is 0.191. The molecule has 0 bridgehead atoms. The van der Waals surface area contributed by atoms with Crippen LogP contribution in [0, 0.1) is 5.82 Å². The molecule has 20 heavy (non-hydrogen) atoms. The predicted octanol–water partition coefficient (Wildman–Crippen LogP) is 0.961. The van der Waals surface area contributed by atoms with Crippen LogP contribution in [-0.2, 0) is 0 Å². The summed E-state index contributed by atoms with van der Waals surface area (Å²) in [6.45, 7) is 1.25. The number of hydrogen-bond acceptors (Lipinski definition) is 4. The van der Waals surface area contributed by atoms with Crippen molar-refractivity contribution >= 4 is 22.9 Å². The van der Waals surface area contributed by atoms with Crippen LogP contribution in [0.25, 0.3) is 0 Å². The Kier molecular flexibility index (Phi) is 4.57. The third-order valence-corrected chi connectivity index (χ3v) is 3.72. The summed E-state index contributed by atoms with van der Waals surface area (Å²) in [4.78, 5) is 4.10. The molecule has 2 atom stereocenters. The van der Waals surface area contributed by atoms with Crippen LogP contribution < -0.4 is 10.6 Å². The predicted molar refractivity (Wildman–Crippen MR) is 82.6 cm³/mol. The number of anilines is 1. The van der Waals surface area contributed by atoms with E-state index in [2.05, 4.69) is 4.90 Å². The van der Waals surface area contributed by atoms with E-state index >= 15 is 0 Å². The molecule has 1 aromatic rings. The smallest absolute Gasteiger partial charge is 0.135 e. The minimum atomic E-state index is -0.417. The molecule has 4 nitrogen and oxygen atoms in total. The monoisotopic (exact) mass is 297 g/mol. The van der Waals surface area contributed by atoms with Gasteiger partial charge in [0.25, 0.3) is 0 Å². The second kappa shape index (κ2) is 6.03. The molecular formula is C14H20FN3OS. The Hall–Kier alpha value is -1.24. The zero-order chi connectivity index (χ0) is 14.9. The maximum Gasteiger partial charge on any atom is 0.135 e. The lowest BCUT2D eigenvalue weighted by Crippen LogP contribution is -2.38. The number of hydrogen-bond donors (Lipinski definition) is 2. The highest BCUT2D eigenvalue weighted by atomic mass is 32.1. The molecule has 110 valence electrons. The summed E-state index contributed by atoms with van der Waals surface area (Å²) in [7, 11) is 3.95. The zero-order valence-electron chi connectivity index (χ0n) is 11.7. The van der Waals surface area contributed by atoms with E-state index in [1.807, 2.05) is 19.0 Å². The second-order valence-electron chi connectivity index (χ2n) is 5.46. The summed E-state index contributed by atoms with van der Waals surface area (Å²) in [6.07, 6.45) is 0.244. The van der Waals surface area contributed by atoms with Gasteiger partial charge in [0, 0.05) is 19.1 Å². The number of benzene rings is 1. The highest BCUT2D eigenvalue weighted by Crippen LogP contribution is 2.30. The molecule has 0 amide bonds. The van der Waals surface area contributed by atoms with Crippen LogP contribution in [0.4, 0.5) is 10.1 Å². The first-order valence-electron chi connectivity index (χ1n) is 6.58. The van der Waals surface area contributed by atoms with E-state index in [1.54, 1.807) is 12.1 Å². The Balaban J connectivity index is 2.39. The van der Waals surface area contributed by atoms with Gasteiger partial charge in [0.15, 0.2) is 0 Å². The molecule has 0 spiro atoms. The number of thiocarbonyl (C=S) groups is 1. The normalized spacial score (nSPS) is 22.6. The van der Waals surface area contributed by atoms with Crippen LogP contribution in [0.15, 0.2) is 18.2 Å². The first kappa shape index (κ1) is 15.2. The van der Waals surface area contributed by atoms with Crippen molar-refractivity contribution < 1.29 is 9.50 Å². The standard InChI is InChI=1S/C14H20FN3OS/c1-17(2)7-9-6-10(19)8-18(9)12-5-3-4-11(15)13(12)14(16)20/h3-5,9-10,19H,6-8H2,1-2H3,(H2,16,20). The Morgan fingerprint density at radius 3 is 2.85 bits per heavy atom. The quantitative estimate of drug-likeness (QED) is 0.811. The van der Waals surface area contributed by atoms with Gasteiger partial charge in [-0.2, -0.15) is 0 Å². The molecular weight excluding hydrogens is 277 g/mol. The molecule has 6 heteroatoms. The van der Waals surface area contributed by atoms with E-state index in [-0.39, 0.29) is 16.6 Å². The number of aliphatic hydroxyl groups is 1. The van der Waals surface area contributed by atoms with Crippen LogP contribution in [0.1, 0.15) is 12.0 Å². The van der Waals surface area contributed by atoms with E-state index in [0.29, 0.717) is 18.7 Å². The van der Waals surface area contributed by atoms with Crippen molar-refractivity contribution in [2.45, 2.75) is 18.6 Å². The number of aliphatic hydroxyl groups excluding tert-OH is 1. The lowest BCUT2D eigenvalue weighted by atomic mass is 10.1. The van der Waals surface area contributed by atoms with Crippen molar-refractivity contribution in [3.63, 3.8) is 0 Å². The molecule has 0 radical (unpaired) electrons. The molecule has 1 aliphatic rings. The van der Waals surface area contributed by atoms with Crippen LogP contribution in [0.2, 0.25) is 0 Å². The van der Waals surface area contributed by atoms with E-state index in [9.17, 15) is 9.50 Å². The molecule has 2 unspecified atom stereocenters. The van der Waals surface area contributed by atoms with Crippen molar-refractivity contribution in [2.24, 2.45) is 5.73 Å². The first-order chi connectivity index (χ1) is 9.40. The molecule has 0 aliphatic carbocycles. The van der Waals surface area contributed by atoms with Gasteiger partial charge in [-0.3, -0.25) is 0 Å². The molecule has 1 saturated heterocycles. The number of rotatable bonds is 4. The summed E-state index contributed by atoms with van der Waals surface area (Å²) in [5, 5.41) is 9.92. The van der Waals surface area contributed by atoms with Crippen LogP contribution in [0.5, 0.6) is 0 Å². The van der Waals surface area contributed by atoms with Gasteiger partial charge in [0.2, 0.25) is 0 Å². The van der Waals surface area contributed by atoms with Crippen molar-refractivity contribution in [3.05, 3.63) is 29.6 Å². The summed E-state index contributed by atoms with van der Waals surface area (Å²) in [6, 6.07) is 4.92. The summed E-state index contributed by atoms with van der Waals surface area (Å²) in [5.41, 5.74) is 6.59. The Morgan fingerprint density at radius 2 is 2.25 bits per heavy atom. The van der Waals surface area contributed by atoms with Gasteiger partial charge in [-0.25, -0.2) is 4.39 Å². The second-order valence-corrected chi connectivity index (χ2v) is 5.90. The van der Waals surface area contributed by atoms with Crippen molar-refractivity contribution in [1.29, 1.82) is 0 Å². The van der Waals surface area contributed by atoms with Crippen molar-refractivity contribution in [1.82, 2.24) is 4.90 Å². The molecule has 1 fully saturated rings. The number of nitrogens with zero attached hydrogens (tertiary/aromatic N) is 2. The number of halogens is 1. The van der Waals surface area contributed by atoms with Gasteiger partial charge in [-0.15, -0.1) is 0 Å². The van der Waals surface area contributed by atoms with Crippen LogP contribution >= 0.6 is 12.2 Å². The fraction of sp³-hybridized carbons (Fsp3) is 0.500. The highest BCUT2D eigenvalue weighted by molar-refractivity contribution is 7.80. The van der Waals surface area contributed by atoms with E-state index in [4.69, 9.17) is 18.0 Å². The molecule has 1 aliphatic heterocycles. The van der Waals surface area contributed by atoms with Crippen molar-refractivity contribution in [2.75, 3.05) is 32.1 Å². The molecule has 3 N–H and O–H groups in total. The minimum Gasteiger partial charge on any atom is -0.391 e. The third kappa shape index (κ3) is 3.08. The highest BCUT2D eigenvalue weighted by Gasteiger charge is 2.33. The maximum atomic E-state index is 14.0. The first-order valence-corrected chi connectivity index (χ1v) is 6.98. The molecule has 2 rings (SSSR count). The average molecular weight is 297 g/mol. The molecule has 1 heterocycles. The number of β-amino-alcohol motifs (C(OH)–C–C–N with tert-alkyl or cyclic N) is 1. The largest absolute Gasteiger partial charge is 0.391 e. The van der Waals surface area contributed by atoms with Gasteiger partial charge in [-0.1, -0.05) is 18.3 Å². The SMILES string of the molecule is CN(C)CC1CC(O)CN1c1cccc(F)c1C(N)=S. The zero-order valence-corrected chi connectivity index (χ0v) is 12.5. The van der Waals surface area contributed by atoms with Crippen molar-refractivity contribution in [3.8, 4) is 0 Å². The van der Waals surface area contributed by atoms with Gasteiger partial charge < -0.3 is 20.6 Å². The molecule has 0 saturated carbocycles. The Morgan fingerprint density at radius 1 is 1.55 bits per heavy atom. The topological polar surface area (TPSA) is 52.7 Å². The van der Waals surface area contributed by atoms with E-state index < -0.39 is 11.9 Å². The Labute approximate surface area is 124 Å². The van der Waals surface area contributed by atoms with E-state index in [0.717, 1.165) is 6.54 Å². The van der Waals surface area contributed by atoms with E-state index in [1.165, 1.54) is 6.07 Å². The number of likely N-dealkylation sites (N-methyl/N-ethyl adjacent to an activating group) is 1. The summed E-state index contributed by atoms with van der Waals surface area (Å²) in [5.74, 6) is -0.417. The minimum absolute atomic E-state index is 0.0445. The number of nitrogens with two attached hydrogens (primary N) is 1. The molecule has 1 aromatic carbocycles. The third-order valence-electron chi connectivity index (χ3n) is 3.52. The average Bonchev–Trinajstić information content (AvgIpc) is 2.68. The van der Waals surface area contributed by atoms with Gasteiger partial charge in [-0.05, 0) is 32.6 Å². The van der Waals surface area contributed by atoms with Gasteiger partial charge in [0.05, 0.1) is 17.4 Å². The Bertz CT molecular complexity index is 509. The van der Waals surface area contributed by atoms with Crippen LogP contribution in [-0.4, -0.2) is 54.3 Å². The van der Waals surface area contributed by atoms with Gasteiger partial charge in [0.1, 0.15) is 10.8 Å². The van der Waals surface area contributed by atoms with Crippen LogP contribution in [0.3, 0.4) is 0 Å². The summed E-state index contributed by atoms with van der Waals surface area (Å²) < 4.78 is 14.0. The summed E-state index contributed by atoms with van der Waals surface area (Å²) >= 11 is 4.97. The fourth-order valence-electron chi connectivity index (χ4n) is 2.78. The maximum absolute atomic E-state index is 14.0. The fourth-order valence-corrected chi connectivity index (χ4v) is 2.98. The lowest BCUT2D eigenvalue weighted by Gasteiger charge is -2.30. The van der Waals surface area contributed by atoms with Gasteiger partial charge >= 0.3 is 0 Å².